The van der Waals surface area contributed by atoms with Gasteiger partial charge < -0.3 is 5.32 Å². The molecule has 0 bridgehead atoms. The molecule has 0 aliphatic rings. The molecule has 2 aromatic carbocycles. The van der Waals surface area contributed by atoms with Gasteiger partial charge in [0.15, 0.2) is 5.75 Å². The van der Waals surface area contributed by atoms with Crippen LogP contribution >= 0.6 is 0 Å². The van der Waals surface area contributed by atoms with Gasteiger partial charge in [-0.05, 0) is 36.4 Å². The summed E-state index contributed by atoms with van der Waals surface area (Å²) >= 11 is 0. The molecule has 0 atom stereocenters. The molecule has 0 saturated heterocycles. The van der Waals surface area contributed by atoms with Gasteiger partial charge in [-0.15, -0.1) is 0 Å². The van der Waals surface area contributed by atoms with Crippen molar-refractivity contribution in [2.75, 3.05) is 5.32 Å². The molecule has 0 aliphatic heterocycles. The molecule has 0 unspecified atom stereocenters. The molecule has 0 fully saturated rings. The third-order valence-electron chi connectivity index (χ3n) is 1.92. The van der Waals surface area contributed by atoms with E-state index in [1.54, 1.807) is 24.3 Å². The van der Waals surface area contributed by atoms with E-state index in [9.17, 15) is 5.11 Å². The highest BCUT2D eigenvalue weighted by molar-refractivity contribution is 5.59. The van der Waals surface area contributed by atoms with Crippen LogP contribution in [0.25, 0.3) is 0 Å². The number of nitrogens with one attached hydrogen (secondary N) is 1. The Bertz CT molecular complexity index is 394. The van der Waals surface area contributed by atoms with Gasteiger partial charge >= 0.3 is 0 Å². The molecule has 0 aliphatic carbocycles. The van der Waals surface area contributed by atoms with Crippen molar-refractivity contribution >= 4 is 11.4 Å². The minimum absolute atomic E-state index is 0.0311. The van der Waals surface area contributed by atoms with Gasteiger partial charge in [-0.2, -0.15) is 0 Å². The van der Waals surface area contributed by atoms with Crippen LogP contribution < -0.4 is 5.32 Å². The fraction of sp³-hybridized carbons (Fsp3) is 0. The normalized spacial score (nSPS) is 9.71. The predicted molar refractivity (Wildman–Crippen MR) is 56.3 cm³/mol. The Morgan fingerprint density at radius 2 is 1.29 bits per heavy atom. The van der Waals surface area contributed by atoms with Crippen LogP contribution in [0.2, 0.25) is 0 Å². The van der Waals surface area contributed by atoms with E-state index in [0.29, 0.717) is 0 Å². The van der Waals surface area contributed by atoms with E-state index < -0.39 is 0 Å². The van der Waals surface area contributed by atoms with Crippen molar-refractivity contribution in [3.05, 3.63) is 54.6 Å². The summed E-state index contributed by atoms with van der Waals surface area (Å²) < 4.78 is 0. The third-order valence-corrected chi connectivity index (χ3v) is 1.92. The Hall–Kier alpha value is -1.96. The number of para-hydroxylation sites is 1. The van der Waals surface area contributed by atoms with Crippen LogP contribution in [0.1, 0.15) is 0 Å². The highest BCUT2D eigenvalue weighted by atomic mass is 16.3. The minimum atomic E-state index is 0.0311. The number of hydrogen-bond acceptors (Lipinski definition) is 1. The first kappa shape index (κ1) is 8.63. The smallest absolute Gasteiger partial charge is 0.178 e. The molecule has 1 radical (unpaired) electrons. The summed E-state index contributed by atoms with van der Waals surface area (Å²) in [7, 11) is 0. The molecular formula is C12H10NO. The van der Waals surface area contributed by atoms with Crippen molar-refractivity contribution < 1.29 is 5.11 Å². The summed E-state index contributed by atoms with van der Waals surface area (Å²) in [6, 6.07) is 16.5. The van der Waals surface area contributed by atoms with Gasteiger partial charge in [0, 0.05) is 11.4 Å². The highest BCUT2D eigenvalue weighted by Crippen LogP contribution is 2.18. The highest BCUT2D eigenvalue weighted by Gasteiger charge is 1.93. The van der Waals surface area contributed by atoms with Crippen LogP contribution in [0.15, 0.2) is 54.6 Å². The summed E-state index contributed by atoms with van der Waals surface area (Å²) in [5.74, 6) is 0.0311. The van der Waals surface area contributed by atoms with Crippen LogP contribution in [0.3, 0.4) is 0 Å². The van der Waals surface area contributed by atoms with Crippen molar-refractivity contribution in [3.8, 4) is 5.75 Å². The number of anilines is 2. The molecule has 0 saturated carbocycles. The molecular weight excluding hydrogens is 174 g/mol. The zero-order chi connectivity index (χ0) is 9.80. The second-order valence-corrected chi connectivity index (χ2v) is 3.02. The SMILES string of the molecule is [O]c1ccc(Nc2ccccc2)cc1. The van der Waals surface area contributed by atoms with Crippen LogP contribution in [-0.2, 0) is 5.11 Å². The Balaban J connectivity index is 2.16. The van der Waals surface area contributed by atoms with Gasteiger partial charge in [0.1, 0.15) is 0 Å². The lowest BCUT2D eigenvalue weighted by Crippen LogP contribution is -1.88. The van der Waals surface area contributed by atoms with E-state index in [4.69, 9.17) is 0 Å². The standard InChI is InChI=1S/C12H10NO/c14-12-8-6-11(7-9-12)13-10-4-2-1-3-5-10/h1-9,13H. The lowest BCUT2D eigenvalue weighted by Gasteiger charge is -2.04. The number of hydrogen-bond donors (Lipinski definition) is 1. The van der Waals surface area contributed by atoms with Gasteiger partial charge in [-0.1, -0.05) is 18.2 Å². The maximum Gasteiger partial charge on any atom is 0.178 e. The van der Waals surface area contributed by atoms with Crippen LogP contribution in [-0.4, -0.2) is 0 Å². The van der Waals surface area contributed by atoms with E-state index >= 15 is 0 Å². The number of rotatable bonds is 2. The van der Waals surface area contributed by atoms with Crippen LogP contribution in [0, 0.1) is 0 Å². The summed E-state index contributed by atoms with van der Waals surface area (Å²) in [5.41, 5.74) is 1.95. The Labute approximate surface area is 82.8 Å². The number of benzene rings is 2. The Morgan fingerprint density at radius 3 is 1.93 bits per heavy atom. The monoisotopic (exact) mass is 184 g/mol. The first-order chi connectivity index (χ1) is 6.84. The second-order valence-electron chi connectivity index (χ2n) is 3.02. The second kappa shape index (κ2) is 3.83. The molecule has 0 spiro atoms. The van der Waals surface area contributed by atoms with Gasteiger partial charge in [0.05, 0.1) is 0 Å². The molecule has 2 rings (SSSR count). The molecule has 0 heterocycles. The summed E-state index contributed by atoms with van der Waals surface area (Å²) in [6.07, 6.45) is 0. The largest absolute Gasteiger partial charge is 0.356 e. The predicted octanol–water partition coefficient (Wildman–Crippen LogP) is 3.57. The molecule has 2 aromatic rings. The molecule has 14 heavy (non-hydrogen) atoms. The molecule has 1 N–H and O–H groups in total. The Kier molecular flexibility index (Phi) is 2.36. The third kappa shape index (κ3) is 2.04. The molecule has 0 amide bonds. The summed E-state index contributed by atoms with van der Waals surface area (Å²) in [6.45, 7) is 0. The molecule has 2 nitrogen and oxygen atoms in total. The fourth-order valence-electron chi connectivity index (χ4n) is 1.23. The van der Waals surface area contributed by atoms with Gasteiger partial charge in [-0.25, -0.2) is 0 Å². The van der Waals surface area contributed by atoms with Crippen molar-refractivity contribution in [3.63, 3.8) is 0 Å². The van der Waals surface area contributed by atoms with E-state index in [2.05, 4.69) is 5.32 Å². The maximum atomic E-state index is 10.8. The maximum absolute atomic E-state index is 10.8. The fourth-order valence-corrected chi connectivity index (χ4v) is 1.23. The quantitative estimate of drug-likeness (QED) is 0.760. The minimum Gasteiger partial charge on any atom is -0.356 e. The van der Waals surface area contributed by atoms with E-state index in [0.717, 1.165) is 11.4 Å². The van der Waals surface area contributed by atoms with E-state index in [-0.39, 0.29) is 5.75 Å². The van der Waals surface area contributed by atoms with Crippen molar-refractivity contribution in [2.45, 2.75) is 0 Å². The lowest BCUT2D eigenvalue weighted by atomic mass is 10.2. The average molecular weight is 184 g/mol. The topological polar surface area (TPSA) is 31.9 Å². The van der Waals surface area contributed by atoms with Gasteiger partial charge in [0.2, 0.25) is 0 Å². The zero-order valence-corrected chi connectivity index (χ0v) is 7.60. The van der Waals surface area contributed by atoms with Crippen molar-refractivity contribution in [1.29, 1.82) is 0 Å². The average Bonchev–Trinajstić information content (AvgIpc) is 2.23. The molecule has 0 aromatic heterocycles. The summed E-state index contributed by atoms with van der Waals surface area (Å²) in [4.78, 5) is 0. The van der Waals surface area contributed by atoms with Gasteiger partial charge in [-0.3, -0.25) is 5.11 Å². The Morgan fingerprint density at radius 1 is 0.714 bits per heavy atom. The summed E-state index contributed by atoms with van der Waals surface area (Å²) in [5, 5.41) is 14.0. The van der Waals surface area contributed by atoms with E-state index in [1.165, 1.54) is 0 Å². The van der Waals surface area contributed by atoms with Crippen LogP contribution in [0.5, 0.6) is 5.75 Å². The van der Waals surface area contributed by atoms with Crippen LogP contribution in [0.4, 0.5) is 11.4 Å². The molecule has 69 valence electrons. The first-order valence-corrected chi connectivity index (χ1v) is 4.44. The molecule has 2 heteroatoms. The van der Waals surface area contributed by atoms with Crippen molar-refractivity contribution in [2.24, 2.45) is 0 Å². The van der Waals surface area contributed by atoms with Crippen molar-refractivity contribution in [1.82, 2.24) is 0 Å². The lowest BCUT2D eigenvalue weighted by molar-refractivity contribution is 0.355. The first-order valence-electron chi connectivity index (χ1n) is 4.44. The van der Waals surface area contributed by atoms with Gasteiger partial charge in [0.25, 0.3) is 0 Å². The zero-order valence-electron chi connectivity index (χ0n) is 7.60. The van der Waals surface area contributed by atoms with E-state index in [1.807, 2.05) is 30.3 Å².